The Morgan fingerprint density at radius 2 is 1.70 bits per heavy atom. The van der Waals surface area contributed by atoms with Gasteiger partial charge < -0.3 is 10.1 Å². The summed E-state index contributed by atoms with van der Waals surface area (Å²) in [4.78, 5) is 10.5. The number of aliphatic imine (C=N–C) groups is 1. The van der Waals surface area contributed by atoms with Crippen molar-refractivity contribution in [2.45, 2.75) is 30.7 Å². The van der Waals surface area contributed by atoms with Crippen LogP contribution in [0.3, 0.4) is 0 Å². The molecule has 9 heteroatoms. The van der Waals surface area contributed by atoms with Crippen LogP contribution >= 0.6 is 0 Å². The van der Waals surface area contributed by atoms with Gasteiger partial charge in [0, 0.05) is 28.7 Å². The Bertz CT molecular complexity index is 1940. The molecule has 8 nitrogen and oxygen atoms in total. The number of aromatic amines is 1. The zero-order chi connectivity index (χ0) is 29.8. The molecular formula is C34H31N5O3S. The van der Waals surface area contributed by atoms with Crippen LogP contribution in [-0.4, -0.2) is 42.2 Å². The molecule has 4 aromatic carbocycles. The third-order valence-corrected chi connectivity index (χ3v) is 9.00. The number of nitrogens with one attached hydrogen (secondary N) is 2. The molecule has 0 unspecified atom stereocenters. The van der Waals surface area contributed by atoms with Crippen molar-refractivity contribution >= 4 is 38.0 Å². The normalized spacial score (nSPS) is 14.4. The van der Waals surface area contributed by atoms with Gasteiger partial charge in [0.15, 0.2) is 5.88 Å². The van der Waals surface area contributed by atoms with Crippen molar-refractivity contribution in [3.63, 3.8) is 0 Å². The molecule has 1 aliphatic rings. The maximum atomic E-state index is 13.1. The van der Waals surface area contributed by atoms with Crippen LogP contribution < -0.4 is 4.72 Å². The number of sulfonamides is 1. The zero-order valence-corrected chi connectivity index (χ0v) is 24.3. The summed E-state index contributed by atoms with van der Waals surface area (Å²) in [5.74, 6) is -0.0685. The molecule has 0 radical (unpaired) electrons. The van der Waals surface area contributed by atoms with Gasteiger partial charge in [0.25, 0.3) is 10.0 Å². The standard InChI is InChI=1S/C34H31N5O3S/c35-22-25-8-7-11-29(20-25)43(41,42)38-28-16-17-31-30(21-28)32(34(40)37-31)33(26-9-3-1-4-10-26)36-27-14-12-24(13-15-27)23-39-18-5-2-6-19-39/h1,3-4,7-17,20-21,37-38,40H,2,5-6,18-19,23H2. The number of rotatable bonds is 8. The van der Waals surface area contributed by atoms with Gasteiger partial charge in [-0.25, -0.2) is 13.4 Å². The molecule has 1 saturated heterocycles. The highest BCUT2D eigenvalue weighted by atomic mass is 32.2. The summed E-state index contributed by atoms with van der Waals surface area (Å²) in [6, 6.07) is 30.6. The van der Waals surface area contributed by atoms with Crippen molar-refractivity contribution in [1.29, 1.82) is 5.26 Å². The fourth-order valence-corrected chi connectivity index (χ4v) is 6.56. The lowest BCUT2D eigenvalue weighted by molar-refractivity contribution is 0.221. The van der Waals surface area contributed by atoms with Gasteiger partial charge in [-0.15, -0.1) is 0 Å². The number of aromatic hydroxyl groups is 1. The van der Waals surface area contributed by atoms with E-state index >= 15 is 0 Å². The van der Waals surface area contributed by atoms with Crippen LogP contribution in [0, 0.1) is 11.3 Å². The number of aromatic nitrogens is 1. The maximum absolute atomic E-state index is 13.1. The number of nitriles is 1. The Kier molecular flexibility index (Phi) is 7.97. The predicted molar refractivity (Wildman–Crippen MR) is 169 cm³/mol. The second-order valence-corrected chi connectivity index (χ2v) is 12.4. The van der Waals surface area contributed by atoms with Crippen molar-refractivity contribution in [2.75, 3.05) is 17.8 Å². The minimum atomic E-state index is -3.96. The number of piperidine rings is 1. The molecule has 0 saturated carbocycles. The number of fused-ring (bicyclic) bond motifs is 1. The quantitative estimate of drug-likeness (QED) is 0.174. The summed E-state index contributed by atoms with van der Waals surface area (Å²) in [5.41, 5.74) is 4.97. The van der Waals surface area contributed by atoms with E-state index in [1.165, 1.54) is 43.0 Å². The molecule has 1 aliphatic heterocycles. The van der Waals surface area contributed by atoms with Crippen molar-refractivity contribution in [3.05, 3.63) is 119 Å². The first-order valence-electron chi connectivity index (χ1n) is 14.2. The van der Waals surface area contributed by atoms with E-state index in [0.717, 1.165) is 30.9 Å². The number of hydrogen-bond acceptors (Lipinski definition) is 6. The molecule has 2 heterocycles. The van der Waals surface area contributed by atoms with E-state index in [2.05, 4.69) is 26.7 Å². The van der Waals surface area contributed by atoms with Crippen molar-refractivity contribution in [2.24, 2.45) is 4.99 Å². The summed E-state index contributed by atoms with van der Waals surface area (Å²) in [6.45, 7) is 3.17. The molecule has 0 aliphatic carbocycles. The van der Waals surface area contributed by atoms with Crippen LogP contribution in [0.1, 0.15) is 41.5 Å². The van der Waals surface area contributed by atoms with Crippen LogP contribution in [0.4, 0.5) is 11.4 Å². The summed E-state index contributed by atoms with van der Waals surface area (Å²) in [6.07, 6.45) is 3.79. The third-order valence-electron chi connectivity index (χ3n) is 7.62. The predicted octanol–water partition coefficient (Wildman–Crippen LogP) is 6.70. The molecule has 0 spiro atoms. The van der Waals surface area contributed by atoms with Gasteiger partial charge in [0.2, 0.25) is 0 Å². The Balaban J connectivity index is 1.37. The number of benzene rings is 4. The van der Waals surface area contributed by atoms with Crippen LogP contribution in [0.15, 0.2) is 107 Å². The fourth-order valence-electron chi connectivity index (χ4n) is 5.47. The Morgan fingerprint density at radius 3 is 2.44 bits per heavy atom. The maximum Gasteiger partial charge on any atom is 0.261 e. The summed E-state index contributed by atoms with van der Waals surface area (Å²) in [7, 11) is -3.96. The number of likely N-dealkylation sites (tertiary alicyclic amines) is 1. The largest absolute Gasteiger partial charge is 0.494 e. The van der Waals surface area contributed by atoms with Gasteiger partial charge in [0.1, 0.15) is 0 Å². The van der Waals surface area contributed by atoms with Crippen LogP contribution in [0.25, 0.3) is 10.9 Å². The first-order chi connectivity index (χ1) is 20.9. The SMILES string of the molecule is N#Cc1cccc(S(=O)(=O)Nc2ccc3[nH]c(O)c(C(=Nc4ccc(CN5CCCCC5)cc4)c4ccccc4)c3c2)c1. The molecule has 5 aromatic rings. The minimum Gasteiger partial charge on any atom is -0.494 e. The molecule has 1 aromatic heterocycles. The Labute approximate surface area is 251 Å². The number of anilines is 1. The lowest BCUT2D eigenvalue weighted by atomic mass is 10.0. The second-order valence-electron chi connectivity index (χ2n) is 10.7. The molecule has 1 fully saturated rings. The Hall–Kier alpha value is -4.91. The van der Waals surface area contributed by atoms with E-state index in [0.29, 0.717) is 27.9 Å². The van der Waals surface area contributed by atoms with Gasteiger partial charge in [0.05, 0.1) is 33.5 Å². The van der Waals surface area contributed by atoms with Gasteiger partial charge in [-0.05, 0) is 80.0 Å². The van der Waals surface area contributed by atoms with E-state index < -0.39 is 10.0 Å². The first kappa shape index (κ1) is 28.2. The molecule has 43 heavy (non-hydrogen) atoms. The van der Waals surface area contributed by atoms with Crippen LogP contribution in [0.2, 0.25) is 0 Å². The smallest absolute Gasteiger partial charge is 0.261 e. The molecule has 6 rings (SSSR count). The minimum absolute atomic E-state index is 0.0148. The molecule has 0 amide bonds. The molecular weight excluding hydrogens is 558 g/mol. The second kappa shape index (κ2) is 12.1. The number of hydrogen-bond donors (Lipinski definition) is 3. The lowest BCUT2D eigenvalue weighted by Gasteiger charge is -2.26. The fraction of sp³-hybridized carbons (Fsp3) is 0.176. The van der Waals surface area contributed by atoms with E-state index in [1.54, 1.807) is 24.3 Å². The summed E-state index contributed by atoms with van der Waals surface area (Å²) < 4.78 is 28.9. The van der Waals surface area contributed by atoms with Crippen LogP contribution in [-0.2, 0) is 16.6 Å². The zero-order valence-electron chi connectivity index (χ0n) is 23.5. The van der Waals surface area contributed by atoms with E-state index in [4.69, 9.17) is 4.99 Å². The number of H-pyrrole nitrogens is 1. The topological polar surface area (TPSA) is 122 Å². The third kappa shape index (κ3) is 6.31. The summed E-state index contributed by atoms with van der Waals surface area (Å²) >= 11 is 0. The van der Waals surface area contributed by atoms with E-state index in [9.17, 15) is 18.8 Å². The molecule has 216 valence electrons. The lowest BCUT2D eigenvalue weighted by Crippen LogP contribution is -2.28. The van der Waals surface area contributed by atoms with Gasteiger partial charge in [-0.1, -0.05) is 55.0 Å². The van der Waals surface area contributed by atoms with Gasteiger partial charge in [-0.2, -0.15) is 5.26 Å². The molecule has 0 bridgehead atoms. The summed E-state index contributed by atoms with van der Waals surface area (Å²) in [5, 5.41) is 20.9. The molecule has 0 atom stereocenters. The highest BCUT2D eigenvalue weighted by Crippen LogP contribution is 2.34. The first-order valence-corrected chi connectivity index (χ1v) is 15.7. The van der Waals surface area contributed by atoms with E-state index in [-0.39, 0.29) is 16.3 Å². The highest BCUT2D eigenvalue weighted by molar-refractivity contribution is 7.92. The van der Waals surface area contributed by atoms with E-state index in [1.807, 2.05) is 48.5 Å². The monoisotopic (exact) mass is 589 g/mol. The number of nitrogens with zero attached hydrogens (tertiary/aromatic N) is 3. The van der Waals surface area contributed by atoms with Crippen LogP contribution in [0.5, 0.6) is 5.88 Å². The van der Waals surface area contributed by atoms with Gasteiger partial charge in [-0.3, -0.25) is 9.62 Å². The Morgan fingerprint density at radius 1 is 0.930 bits per heavy atom. The van der Waals surface area contributed by atoms with Crippen molar-refractivity contribution in [3.8, 4) is 11.9 Å². The van der Waals surface area contributed by atoms with Crippen molar-refractivity contribution < 1.29 is 13.5 Å². The average Bonchev–Trinajstić information content (AvgIpc) is 3.36. The van der Waals surface area contributed by atoms with Crippen molar-refractivity contribution in [1.82, 2.24) is 9.88 Å². The molecule has 3 N–H and O–H groups in total. The average molecular weight is 590 g/mol. The highest BCUT2D eigenvalue weighted by Gasteiger charge is 2.21. The van der Waals surface area contributed by atoms with Gasteiger partial charge >= 0.3 is 0 Å².